The molecule has 0 aromatic carbocycles. The molecule has 2 saturated heterocycles. The molecule has 1 N–H and O–H groups in total. The maximum atomic E-state index is 12.4. The molecular formula is C20H27F3N2O4. The van der Waals surface area contributed by atoms with Crippen molar-refractivity contribution < 1.29 is 32.3 Å². The van der Waals surface area contributed by atoms with Crippen LogP contribution in [0.4, 0.5) is 13.2 Å². The van der Waals surface area contributed by atoms with Gasteiger partial charge in [-0.1, -0.05) is 13.0 Å². The van der Waals surface area contributed by atoms with Gasteiger partial charge < -0.3 is 14.4 Å². The van der Waals surface area contributed by atoms with E-state index in [-0.39, 0.29) is 5.54 Å². The van der Waals surface area contributed by atoms with E-state index in [1.54, 1.807) is 6.26 Å². The molecule has 29 heavy (non-hydrogen) atoms. The predicted molar refractivity (Wildman–Crippen MR) is 100.0 cm³/mol. The molecule has 9 heteroatoms. The average molecular weight is 416 g/mol. The monoisotopic (exact) mass is 416 g/mol. The van der Waals surface area contributed by atoms with Crippen molar-refractivity contribution in [1.82, 2.24) is 9.80 Å². The Balaban J connectivity index is 0.000000370. The lowest BCUT2D eigenvalue weighted by Crippen LogP contribution is -2.62. The Hall–Kier alpha value is -2.29. The summed E-state index contributed by atoms with van der Waals surface area (Å²) in [4.78, 5) is 25.9. The third-order valence-corrected chi connectivity index (χ3v) is 5.63. The number of carbonyl (C=O) groups excluding carboxylic acids is 1. The van der Waals surface area contributed by atoms with Crippen LogP contribution in [0.15, 0.2) is 35.7 Å². The van der Waals surface area contributed by atoms with Crippen molar-refractivity contribution in [3.05, 3.63) is 36.8 Å². The number of piperidine rings is 1. The van der Waals surface area contributed by atoms with Crippen LogP contribution in [-0.4, -0.2) is 57.6 Å². The normalized spacial score (nSPS) is 25.0. The largest absolute Gasteiger partial charge is 0.490 e. The number of rotatable bonds is 5. The second-order valence-corrected chi connectivity index (χ2v) is 7.33. The number of carbonyl (C=O) groups is 2. The van der Waals surface area contributed by atoms with Crippen LogP contribution >= 0.6 is 0 Å². The number of carboxylic acid groups (broad SMARTS) is 1. The molecule has 1 aromatic heterocycles. The highest BCUT2D eigenvalue weighted by Crippen LogP contribution is 2.43. The molecule has 0 saturated carbocycles. The molecule has 2 aliphatic heterocycles. The summed E-state index contributed by atoms with van der Waals surface area (Å²) in [5.74, 6) is -2.46. The van der Waals surface area contributed by atoms with Crippen LogP contribution in [0.2, 0.25) is 0 Å². The van der Waals surface area contributed by atoms with Crippen molar-refractivity contribution in [2.45, 2.75) is 63.3 Å². The number of aliphatic carboxylic acids is 1. The molecule has 2 fully saturated rings. The van der Waals surface area contributed by atoms with Gasteiger partial charge in [0.15, 0.2) is 0 Å². The molecule has 6 nitrogen and oxygen atoms in total. The van der Waals surface area contributed by atoms with E-state index >= 15 is 0 Å². The van der Waals surface area contributed by atoms with E-state index in [4.69, 9.17) is 14.3 Å². The highest BCUT2D eigenvalue weighted by molar-refractivity contribution is 5.80. The molecular weight excluding hydrogens is 389 g/mol. The van der Waals surface area contributed by atoms with Crippen molar-refractivity contribution in [2.75, 3.05) is 13.1 Å². The van der Waals surface area contributed by atoms with Crippen LogP contribution in [0, 0.1) is 0 Å². The number of carboxylic acids is 1. The first kappa shape index (κ1) is 23.0. The fraction of sp³-hybridized carbons (Fsp3) is 0.600. The van der Waals surface area contributed by atoms with E-state index in [2.05, 4.69) is 23.3 Å². The molecule has 2 aliphatic rings. The number of likely N-dealkylation sites (tertiary alicyclic amines) is 2. The summed E-state index contributed by atoms with van der Waals surface area (Å²) in [7, 11) is 0. The highest BCUT2D eigenvalue weighted by Gasteiger charge is 2.52. The molecule has 0 radical (unpaired) electrons. The predicted octanol–water partition coefficient (Wildman–Crippen LogP) is 3.83. The fourth-order valence-electron chi connectivity index (χ4n) is 4.56. The van der Waals surface area contributed by atoms with Crippen LogP contribution in [0.25, 0.3) is 0 Å². The molecule has 1 aromatic rings. The van der Waals surface area contributed by atoms with Gasteiger partial charge in [0.05, 0.1) is 18.1 Å². The molecule has 0 bridgehead atoms. The zero-order valence-electron chi connectivity index (χ0n) is 16.5. The lowest BCUT2D eigenvalue weighted by atomic mass is 9.77. The number of alkyl halides is 3. The minimum Gasteiger partial charge on any atom is -0.475 e. The minimum absolute atomic E-state index is 0.00199. The number of hydrogen-bond donors (Lipinski definition) is 1. The van der Waals surface area contributed by atoms with Gasteiger partial charge in [-0.15, -0.1) is 6.58 Å². The Bertz CT molecular complexity index is 705. The summed E-state index contributed by atoms with van der Waals surface area (Å²) >= 11 is 0. The van der Waals surface area contributed by atoms with Crippen LogP contribution in [0.3, 0.4) is 0 Å². The Morgan fingerprint density at radius 2 is 2.14 bits per heavy atom. The number of halogens is 3. The van der Waals surface area contributed by atoms with Gasteiger partial charge in [-0.2, -0.15) is 13.2 Å². The van der Waals surface area contributed by atoms with E-state index in [0.717, 1.165) is 38.8 Å². The van der Waals surface area contributed by atoms with Crippen LogP contribution < -0.4 is 0 Å². The van der Waals surface area contributed by atoms with E-state index in [1.807, 2.05) is 18.4 Å². The van der Waals surface area contributed by atoms with Crippen LogP contribution in [-0.2, 0) is 16.1 Å². The topological polar surface area (TPSA) is 74.0 Å². The van der Waals surface area contributed by atoms with E-state index in [9.17, 15) is 18.0 Å². The zero-order valence-corrected chi connectivity index (χ0v) is 16.5. The van der Waals surface area contributed by atoms with Gasteiger partial charge in [-0.3, -0.25) is 9.69 Å². The minimum atomic E-state index is -5.08. The summed E-state index contributed by atoms with van der Waals surface area (Å²) in [6.45, 7) is 8.78. The first-order chi connectivity index (χ1) is 13.7. The molecule has 0 aliphatic carbocycles. The Morgan fingerprint density at radius 3 is 2.66 bits per heavy atom. The van der Waals surface area contributed by atoms with E-state index in [1.165, 1.54) is 5.56 Å². The maximum absolute atomic E-state index is 12.4. The average Bonchev–Trinajstić information content (AvgIpc) is 3.26. The zero-order chi connectivity index (χ0) is 21.7. The second-order valence-electron chi connectivity index (χ2n) is 7.33. The van der Waals surface area contributed by atoms with E-state index in [0.29, 0.717) is 24.9 Å². The molecule has 162 valence electrons. The van der Waals surface area contributed by atoms with Gasteiger partial charge in [0.1, 0.15) is 0 Å². The smallest absolute Gasteiger partial charge is 0.475 e. The van der Waals surface area contributed by atoms with Gasteiger partial charge in [0.25, 0.3) is 0 Å². The summed E-state index contributed by atoms with van der Waals surface area (Å²) < 4.78 is 37.0. The van der Waals surface area contributed by atoms with Gasteiger partial charge in [0.2, 0.25) is 5.91 Å². The lowest BCUT2D eigenvalue weighted by molar-refractivity contribution is -0.192. The van der Waals surface area contributed by atoms with Gasteiger partial charge in [-0.25, -0.2) is 4.79 Å². The van der Waals surface area contributed by atoms with Gasteiger partial charge in [0, 0.05) is 31.1 Å². The number of nitrogens with zero attached hydrogens (tertiary/aromatic N) is 2. The number of furan rings is 1. The summed E-state index contributed by atoms with van der Waals surface area (Å²) in [5.41, 5.74) is 1.22. The number of hydrogen-bond acceptors (Lipinski definition) is 4. The molecule has 3 rings (SSSR count). The lowest BCUT2D eigenvalue weighted by Gasteiger charge is -2.52. The van der Waals surface area contributed by atoms with Gasteiger partial charge >= 0.3 is 12.1 Å². The third kappa shape index (κ3) is 5.20. The van der Waals surface area contributed by atoms with Crippen molar-refractivity contribution in [3.63, 3.8) is 0 Å². The van der Waals surface area contributed by atoms with E-state index < -0.39 is 12.1 Å². The molecule has 2 atom stereocenters. The number of amides is 1. The highest BCUT2D eigenvalue weighted by atomic mass is 19.4. The van der Waals surface area contributed by atoms with Crippen molar-refractivity contribution >= 4 is 11.9 Å². The standard InChI is InChI=1S/C18H26N2O2.C2HF3O2/c1-3-10-20-17(21)6-9-18(20)8-5-11-19(16(18)4-2)13-15-7-12-22-14-15;3-2(4,5)1(6)7/h3,7,12,14,16H,1,4-6,8-11,13H2,2H3;(H,6,7)/t16-,18-;/m0./s1. The van der Waals surface area contributed by atoms with Crippen molar-refractivity contribution in [1.29, 1.82) is 0 Å². The molecule has 1 amide bonds. The first-order valence-electron chi connectivity index (χ1n) is 9.62. The molecule has 0 unspecified atom stereocenters. The Labute approximate surface area is 168 Å². The summed E-state index contributed by atoms with van der Waals surface area (Å²) in [5, 5.41) is 7.12. The SMILES string of the molecule is C=CCN1C(=O)CC[C@]12CCCN(Cc1ccoc1)[C@H]2CC.O=C(O)C(F)(F)F. The summed E-state index contributed by atoms with van der Waals surface area (Å²) in [6, 6.07) is 2.46. The Kier molecular flexibility index (Phi) is 7.51. The first-order valence-corrected chi connectivity index (χ1v) is 9.62. The van der Waals surface area contributed by atoms with Crippen LogP contribution in [0.5, 0.6) is 0 Å². The summed E-state index contributed by atoms with van der Waals surface area (Å²) in [6.07, 6.45) is 5.35. The maximum Gasteiger partial charge on any atom is 0.490 e. The molecule has 1 spiro atoms. The van der Waals surface area contributed by atoms with Gasteiger partial charge in [-0.05, 0) is 38.3 Å². The van der Waals surface area contributed by atoms with Crippen molar-refractivity contribution in [2.24, 2.45) is 0 Å². The quantitative estimate of drug-likeness (QED) is 0.739. The van der Waals surface area contributed by atoms with Crippen molar-refractivity contribution in [3.8, 4) is 0 Å². The molecule has 3 heterocycles. The third-order valence-electron chi connectivity index (χ3n) is 5.63. The fourth-order valence-corrected chi connectivity index (χ4v) is 4.56. The Morgan fingerprint density at radius 1 is 1.45 bits per heavy atom. The second kappa shape index (κ2) is 9.47. The van der Waals surface area contributed by atoms with Crippen LogP contribution in [0.1, 0.15) is 44.6 Å².